The molecule has 0 aliphatic heterocycles. The Morgan fingerprint density at radius 1 is 0.317 bits per heavy atom. The molecule has 4 nitrogen and oxygen atoms in total. The Morgan fingerprint density at radius 2 is 0.783 bits per heavy atom. The standard InChI is InChI=1S/C51H36B5N3O/c52-44-42(45(53)47(55)48(56)46(44)54)27-17-19-29(20-18-27)50-57-49(28-9-2-1-3-10-28)58-51(59-50)37-15-8-16-41-43(37)39-26-31(22-24-40(39)60-41)30-21-23-36-34-13-5-4-11-32(34)33-12-6-7-14-35(33)38(36)25-30/h1-26H,52-56H2. The number of hydrogen-bond acceptors (Lipinski definition) is 4. The second-order valence-corrected chi connectivity index (χ2v) is 16.1. The Hall–Kier alpha value is -7.11. The molecule has 0 amide bonds. The van der Waals surface area contributed by atoms with Gasteiger partial charge in [0.05, 0.1) is 0 Å². The first-order valence-electron chi connectivity index (χ1n) is 20.6. The molecule has 0 radical (unpaired) electrons. The van der Waals surface area contributed by atoms with Gasteiger partial charge in [0, 0.05) is 27.5 Å². The van der Waals surface area contributed by atoms with Crippen molar-refractivity contribution in [1.82, 2.24) is 15.0 Å². The molecule has 0 spiro atoms. The summed E-state index contributed by atoms with van der Waals surface area (Å²) in [5, 5.41) is 9.56. The lowest BCUT2D eigenvalue weighted by atomic mass is 9.59. The van der Waals surface area contributed by atoms with Crippen LogP contribution in [0.4, 0.5) is 0 Å². The highest BCUT2D eigenvalue weighted by Gasteiger charge is 2.20. The molecule has 9 heteroatoms. The molecular weight excluding hydrogens is 725 g/mol. The van der Waals surface area contributed by atoms with Crippen molar-refractivity contribution in [3.8, 4) is 56.4 Å². The summed E-state index contributed by atoms with van der Waals surface area (Å²) in [5.41, 5.74) is 15.8. The maximum absolute atomic E-state index is 6.54. The van der Waals surface area contributed by atoms with Gasteiger partial charge in [-0.1, -0.05) is 144 Å². The van der Waals surface area contributed by atoms with E-state index in [1.807, 2.05) is 30.3 Å². The first-order valence-corrected chi connectivity index (χ1v) is 20.6. The summed E-state index contributed by atoms with van der Waals surface area (Å²) in [6.07, 6.45) is 0. The smallest absolute Gasteiger partial charge is 0.164 e. The van der Waals surface area contributed by atoms with E-state index < -0.39 is 0 Å². The van der Waals surface area contributed by atoms with E-state index in [4.69, 9.17) is 19.4 Å². The van der Waals surface area contributed by atoms with Gasteiger partial charge in [-0.25, -0.2) is 15.0 Å². The number of hydrogen-bond donors (Lipinski definition) is 0. The lowest BCUT2D eigenvalue weighted by Crippen LogP contribution is -2.55. The summed E-state index contributed by atoms with van der Waals surface area (Å²) in [6.45, 7) is 0. The summed E-state index contributed by atoms with van der Waals surface area (Å²) < 4.78 is 6.54. The van der Waals surface area contributed by atoms with E-state index in [-0.39, 0.29) is 0 Å². The van der Waals surface area contributed by atoms with Crippen LogP contribution in [0.15, 0.2) is 162 Å². The van der Waals surface area contributed by atoms with Crippen molar-refractivity contribution < 1.29 is 4.42 Å². The lowest BCUT2D eigenvalue weighted by molar-refractivity contribution is 0.669. The minimum absolute atomic E-state index is 0.599. The third-order valence-electron chi connectivity index (χ3n) is 12.9. The van der Waals surface area contributed by atoms with Gasteiger partial charge in [-0.05, 0) is 78.8 Å². The average Bonchev–Trinajstić information content (AvgIpc) is 3.69. The Bertz CT molecular complexity index is 3490. The molecule has 0 N–H and O–H groups in total. The molecule has 0 aliphatic rings. The predicted octanol–water partition coefficient (Wildman–Crippen LogP) is 4.86. The van der Waals surface area contributed by atoms with E-state index in [1.165, 1.54) is 70.8 Å². The minimum Gasteiger partial charge on any atom is -0.456 e. The second kappa shape index (κ2) is 14.0. The zero-order valence-corrected chi connectivity index (χ0v) is 34.3. The van der Waals surface area contributed by atoms with E-state index in [1.54, 1.807) is 0 Å². The molecular formula is C51H36B5N3O. The normalized spacial score (nSPS) is 11.7. The van der Waals surface area contributed by atoms with Crippen molar-refractivity contribution in [2.75, 3.05) is 0 Å². The molecule has 60 heavy (non-hydrogen) atoms. The first-order chi connectivity index (χ1) is 29.3. The van der Waals surface area contributed by atoms with Crippen molar-refractivity contribution in [3.63, 3.8) is 0 Å². The van der Waals surface area contributed by atoms with Gasteiger partial charge in [-0.3, -0.25) is 0 Å². The average molecular weight is 761 g/mol. The molecule has 11 aromatic rings. The van der Waals surface area contributed by atoms with Crippen LogP contribution >= 0.6 is 0 Å². The number of aromatic nitrogens is 3. The number of furan rings is 1. The molecule has 0 bridgehead atoms. The molecule has 0 saturated carbocycles. The van der Waals surface area contributed by atoms with Crippen LogP contribution in [0.5, 0.6) is 0 Å². The first kappa shape index (κ1) is 36.0. The Morgan fingerprint density at radius 3 is 1.42 bits per heavy atom. The van der Waals surface area contributed by atoms with Gasteiger partial charge in [0.15, 0.2) is 17.5 Å². The summed E-state index contributed by atoms with van der Waals surface area (Å²) in [5.74, 6) is 1.84. The fourth-order valence-electron chi connectivity index (χ4n) is 9.34. The Kier molecular flexibility index (Phi) is 8.42. The van der Waals surface area contributed by atoms with Gasteiger partial charge in [0.1, 0.15) is 50.4 Å². The quantitative estimate of drug-likeness (QED) is 0.186. The molecule has 2 aromatic heterocycles. The largest absolute Gasteiger partial charge is 0.456 e. The molecule has 0 saturated heterocycles. The molecule has 11 rings (SSSR count). The van der Waals surface area contributed by atoms with Crippen molar-refractivity contribution in [2.24, 2.45) is 0 Å². The summed E-state index contributed by atoms with van der Waals surface area (Å²) in [6, 6.07) is 55.8. The zero-order valence-electron chi connectivity index (χ0n) is 34.3. The highest BCUT2D eigenvalue weighted by atomic mass is 16.3. The minimum atomic E-state index is 0.599. The Labute approximate surface area is 352 Å². The van der Waals surface area contributed by atoms with Gasteiger partial charge in [0.25, 0.3) is 0 Å². The summed E-state index contributed by atoms with van der Waals surface area (Å²) in [7, 11) is 11.1. The summed E-state index contributed by atoms with van der Waals surface area (Å²) in [4.78, 5) is 15.5. The van der Waals surface area contributed by atoms with Crippen LogP contribution < -0.4 is 27.3 Å². The Balaban J connectivity index is 1.07. The molecule has 2 heterocycles. The highest BCUT2D eigenvalue weighted by molar-refractivity contribution is 6.68. The van der Waals surface area contributed by atoms with Crippen molar-refractivity contribution >= 4 is 121 Å². The number of fused-ring (bicyclic) bond motifs is 9. The second-order valence-electron chi connectivity index (χ2n) is 16.1. The van der Waals surface area contributed by atoms with Crippen LogP contribution in [0, 0.1) is 0 Å². The molecule has 0 aliphatic carbocycles. The third kappa shape index (κ3) is 5.72. The lowest BCUT2D eigenvalue weighted by Gasteiger charge is -2.20. The van der Waals surface area contributed by atoms with E-state index in [2.05, 4.69) is 167 Å². The fourth-order valence-corrected chi connectivity index (χ4v) is 9.34. The summed E-state index contributed by atoms with van der Waals surface area (Å²) >= 11 is 0. The predicted molar refractivity (Wildman–Crippen MR) is 268 cm³/mol. The fraction of sp³-hybridized carbons (Fsp3) is 0. The van der Waals surface area contributed by atoms with Crippen LogP contribution in [-0.4, -0.2) is 54.2 Å². The molecule has 276 valence electrons. The maximum Gasteiger partial charge on any atom is 0.164 e. The highest BCUT2D eigenvalue weighted by Crippen LogP contribution is 2.41. The number of rotatable bonds is 5. The topological polar surface area (TPSA) is 51.8 Å². The third-order valence-corrected chi connectivity index (χ3v) is 12.9. The number of nitrogens with zero attached hydrogens (tertiary/aromatic N) is 3. The monoisotopic (exact) mass is 761 g/mol. The van der Waals surface area contributed by atoms with Crippen LogP contribution in [0.2, 0.25) is 0 Å². The molecule has 0 fully saturated rings. The molecule has 0 unspecified atom stereocenters. The van der Waals surface area contributed by atoms with Crippen LogP contribution in [0.25, 0.3) is 111 Å². The maximum atomic E-state index is 6.54. The van der Waals surface area contributed by atoms with Gasteiger partial charge < -0.3 is 4.42 Å². The molecule has 0 atom stereocenters. The van der Waals surface area contributed by atoms with Crippen molar-refractivity contribution in [1.29, 1.82) is 0 Å². The van der Waals surface area contributed by atoms with Crippen molar-refractivity contribution in [3.05, 3.63) is 158 Å². The van der Waals surface area contributed by atoms with E-state index in [0.717, 1.165) is 49.8 Å². The zero-order chi connectivity index (χ0) is 40.6. The molecule has 9 aromatic carbocycles. The van der Waals surface area contributed by atoms with Crippen LogP contribution in [-0.2, 0) is 0 Å². The van der Waals surface area contributed by atoms with Crippen LogP contribution in [0.1, 0.15) is 0 Å². The number of benzene rings is 9. The van der Waals surface area contributed by atoms with E-state index in [9.17, 15) is 0 Å². The van der Waals surface area contributed by atoms with Gasteiger partial charge >= 0.3 is 0 Å². The van der Waals surface area contributed by atoms with E-state index in [0.29, 0.717) is 17.5 Å². The SMILES string of the molecule is Bc1c(B)c(B)c(-c2ccc(-c3nc(-c4ccccc4)nc(-c4cccc5oc6ccc(-c7ccc8c9ccccc9c9ccccc9c8c7)cc6c45)n3)cc2)c(B)c1B. The van der Waals surface area contributed by atoms with Gasteiger partial charge in [0.2, 0.25) is 0 Å². The van der Waals surface area contributed by atoms with E-state index >= 15 is 0 Å². The van der Waals surface area contributed by atoms with Crippen molar-refractivity contribution in [2.45, 2.75) is 0 Å². The van der Waals surface area contributed by atoms with Gasteiger partial charge in [-0.2, -0.15) is 0 Å². The van der Waals surface area contributed by atoms with Gasteiger partial charge in [-0.15, -0.1) is 16.4 Å². The van der Waals surface area contributed by atoms with Crippen LogP contribution in [0.3, 0.4) is 0 Å².